The van der Waals surface area contributed by atoms with Gasteiger partial charge in [-0.1, -0.05) is 6.07 Å². The predicted octanol–water partition coefficient (Wildman–Crippen LogP) is 1.71. The molecule has 0 bridgehead atoms. The summed E-state index contributed by atoms with van der Waals surface area (Å²) < 4.78 is 10.6. The van der Waals surface area contributed by atoms with Crippen LogP contribution in [0.2, 0.25) is 0 Å². The van der Waals surface area contributed by atoms with E-state index in [1.54, 1.807) is 0 Å². The van der Waals surface area contributed by atoms with Crippen LogP contribution in [0.15, 0.2) is 18.2 Å². The number of hydrogen-bond acceptors (Lipinski definition) is 4. The van der Waals surface area contributed by atoms with Crippen LogP contribution >= 0.6 is 0 Å². The molecule has 1 N–H and O–H groups in total. The molecule has 0 radical (unpaired) electrons. The highest BCUT2D eigenvalue weighted by molar-refractivity contribution is 5.67. The molecule has 5 nitrogen and oxygen atoms in total. The molecule has 1 aromatic rings. The average Bonchev–Trinajstić information content (AvgIpc) is 2.97. The molecule has 2 aliphatic rings. The largest absolute Gasteiger partial charge is 0.481 e. The minimum absolute atomic E-state index is 0.275. The monoisotopic (exact) mass is 263 g/mol. The van der Waals surface area contributed by atoms with Crippen LogP contribution in [0.1, 0.15) is 18.4 Å². The fourth-order valence-electron chi connectivity index (χ4n) is 2.77. The first-order valence-corrected chi connectivity index (χ1v) is 6.53. The van der Waals surface area contributed by atoms with E-state index in [9.17, 15) is 4.79 Å². The molecule has 3 rings (SSSR count). The van der Waals surface area contributed by atoms with Crippen LogP contribution in [0.5, 0.6) is 11.5 Å². The number of hydrogen-bond donors (Lipinski definition) is 1. The van der Waals surface area contributed by atoms with Crippen molar-refractivity contribution in [1.82, 2.24) is 4.90 Å². The molecule has 1 unspecified atom stereocenters. The molecule has 1 fully saturated rings. The van der Waals surface area contributed by atoms with E-state index in [0.717, 1.165) is 37.6 Å². The molecule has 0 amide bonds. The highest BCUT2D eigenvalue weighted by Gasteiger charge is 2.24. The molecule has 5 heteroatoms. The number of carboxylic acids is 1. The molecule has 102 valence electrons. The number of fused-ring (bicyclic) bond motifs is 1. The quantitative estimate of drug-likeness (QED) is 0.896. The van der Waals surface area contributed by atoms with Gasteiger partial charge >= 0.3 is 5.97 Å². The lowest BCUT2D eigenvalue weighted by molar-refractivity contribution is -0.138. The average molecular weight is 263 g/mol. The summed E-state index contributed by atoms with van der Waals surface area (Å²) in [7, 11) is 0. The van der Waals surface area contributed by atoms with Gasteiger partial charge < -0.3 is 14.6 Å². The topological polar surface area (TPSA) is 59.0 Å². The Morgan fingerprint density at radius 2 is 2.21 bits per heavy atom. The third-order valence-electron chi connectivity index (χ3n) is 3.68. The molecule has 0 aliphatic carbocycles. The van der Waals surface area contributed by atoms with Crippen LogP contribution in [-0.2, 0) is 11.3 Å². The number of aliphatic carboxylic acids is 1. The van der Waals surface area contributed by atoms with Crippen LogP contribution < -0.4 is 9.47 Å². The smallest absolute Gasteiger partial charge is 0.303 e. The van der Waals surface area contributed by atoms with Crippen LogP contribution in [0.3, 0.4) is 0 Å². The number of carboxylic acid groups (broad SMARTS) is 1. The summed E-state index contributed by atoms with van der Waals surface area (Å²) in [5, 5.41) is 8.81. The van der Waals surface area contributed by atoms with E-state index in [2.05, 4.69) is 4.90 Å². The van der Waals surface area contributed by atoms with Gasteiger partial charge in [0, 0.05) is 19.5 Å². The third-order valence-corrected chi connectivity index (χ3v) is 3.68. The van der Waals surface area contributed by atoms with Gasteiger partial charge in [-0.3, -0.25) is 9.69 Å². The van der Waals surface area contributed by atoms with Crippen molar-refractivity contribution >= 4 is 5.97 Å². The van der Waals surface area contributed by atoms with Gasteiger partial charge in [-0.05, 0) is 36.6 Å². The zero-order chi connectivity index (χ0) is 13.2. The van der Waals surface area contributed by atoms with Gasteiger partial charge in [-0.15, -0.1) is 0 Å². The van der Waals surface area contributed by atoms with Crippen molar-refractivity contribution in [1.29, 1.82) is 0 Å². The first kappa shape index (κ1) is 12.3. The summed E-state index contributed by atoms with van der Waals surface area (Å²) in [6.07, 6.45) is 1.24. The van der Waals surface area contributed by atoms with Gasteiger partial charge in [0.1, 0.15) is 0 Å². The van der Waals surface area contributed by atoms with Crippen LogP contribution in [-0.4, -0.2) is 35.9 Å². The molecule has 1 saturated heterocycles. The van der Waals surface area contributed by atoms with E-state index in [0.29, 0.717) is 6.79 Å². The predicted molar refractivity (Wildman–Crippen MR) is 68.2 cm³/mol. The normalized spacial score (nSPS) is 21.8. The fraction of sp³-hybridized carbons (Fsp3) is 0.500. The molecule has 19 heavy (non-hydrogen) atoms. The molecule has 0 aromatic heterocycles. The van der Waals surface area contributed by atoms with Crippen molar-refractivity contribution in [2.75, 3.05) is 19.9 Å². The Morgan fingerprint density at radius 1 is 1.37 bits per heavy atom. The molecular weight excluding hydrogens is 246 g/mol. The van der Waals surface area contributed by atoms with E-state index >= 15 is 0 Å². The summed E-state index contributed by atoms with van der Waals surface area (Å²) in [4.78, 5) is 13.0. The Hall–Kier alpha value is -1.75. The van der Waals surface area contributed by atoms with Crippen molar-refractivity contribution in [3.05, 3.63) is 23.8 Å². The molecule has 2 heterocycles. The summed E-state index contributed by atoms with van der Waals surface area (Å²) in [5.41, 5.74) is 1.18. The Kier molecular flexibility index (Phi) is 3.29. The molecule has 0 saturated carbocycles. The van der Waals surface area contributed by atoms with Gasteiger partial charge in [0.05, 0.1) is 0 Å². The minimum atomic E-state index is -0.699. The van der Waals surface area contributed by atoms with E-state index in [-0.39, 0.29) is 12.3 Å². The maximum absolute atomic E-state index is 10.7. The molecule has 2 aliphatic heterocycles. The highest BCUT2D eigenvalue weighted by Crippen LogP contribution is 2.33. The van der Waals surface area contributed by atoms with Gasteiger partial charge in [0.2, 0.25) is 6.79 Å². The fourth-order valence-corrected chi connectivity index (χ4v) is 2.77. The lowest BCUT2D eigenvalue weighted by atomic mass is 10.1. The lowest BCUT2D eigenvalue weighted by Crippen LogP contribution is -2.20. The van der Waals surface area contributed by atoms with Crippen LogP contribution in [0.4, 0.5) is 0 Å². The zero-order valence-corrected chi connectivity index (χ0v) is 10.7. The van der Waals surface area contributed by atoms with Crippen LogP contribution in [0.25, 0.3) is 0 Å². The Balaban J connectivity index is 1.59. The van der Waals surface area contributed by atoms with Crippen molar-refractivity contribution in [2.45, 2.75) is 19.4 Å². The van der Waals surface area contributed by atoms with Crippen molar-refractivity contribution < 1.29 is 19.4 Å². The Morgan fingerprint density at radius 3 is 3.05 bits per heavy atom. The van der Waals surface area contributed by atoms with E-state index in [4.69, 9.17) is 14.6 Å². The molecule has 1 aromatic carbocycles. The zero-order valence-electron chi connectivity index (χ0n) is 10.7. The maximum atomic E-state index is 10.7. The molecule has 0 spiro atoms. The van der Waals surface area contributed by atoms with E-state index < -0.39 is 5.97 Å². The SMILES string of the molecule is O=C(O)CC1CCN(Cc2ccc3c(c2)OCO3)C1. The first-order chi connectivity index (χ1) is 9.20. The van der Waals surface area contributed by atoms with E-state index in [1.165, 1.54) is 5.56 Å². The standard InChI is InChI=1S/C14H17NO4/c16-14(17)6-11-3-4-15(8-11)7-10-1-2-12-13(5-10)19-9-18-12/h1-2,5,11H,3-4,6-9H2,(H,16,17). The number of benzene rings is 1. The van der Waals surface area contributed by atoms with Crippen molar-refractivity contribution in [3.8, 4) is 11.5 Å². The number of likely N-dealkylation sites (tertiary alicyclic amines) is 1. The highest BCUT2D eigenvalue weighted by atomic mass is 16.7. The summed E-state index contributed by atoms with van der Waals surface area (Å²) in [6.45, 7) is 2.96. The minimum Gasteiger partial charge on any atom is -0.481 e. The summed E-state index contributed by atoms with van der Waals surface area (Å²) >= 11 is 0. The summed E-state index contributed by atoms with van der Waals surface area (Å²) in [6, 6.07) is 5.98. The van der Waals surface area contributed by atoms with Gasteiger partial charge in [-0.25, -0.2) is 0 Å². The van der Waals surface area contributed by atoms with E-state index in [1.807, 2.05) is 18.2 Å². The van der Waals surface area contributed by atoms with Crippen LogP contribution in [0, 0.1) is 5.92 Å². The third kappa shape index (κ3) is 2.81. The number of nitrogens with zero attached hydrogens (tertiary/aromatic N) is 1. The second kappa shape index (κ2) is 5.09. The Labute approximate surface area is 111 Å². The van der Waals surface area contributed by atoms with Crippen molar-refractivity contribution in [2.24, 2.45) is 5.92 Å². The van der Waals surface area contributed by atoms with Gasteiger partial charge in [0.15, 0.2) is 11.5 Å². The molecular formula is C14H17NO4. The second-order valence-corrected chi connectivity index (χ2v) is 5.18. The van der Waals surface area contributed by atoms with Gasteiger partial charge in [-0.2, -0.15) is 0 Å². The summed E-state index contributed by atoms with van der Waals surface area (Å²) in [5.74, 6) is 1.19. The second-order valence-electron chi connectivity index (χ2n) is 5.18. The lowest BCUT2D eigenvalue weighted by Gasteiger charge is -2.15. The molecule has 1 atom stereocenters. The number of ether oxygens (including phenoxy) is 2. The van der Waals surface area contributed by atoms with Gasteiger partial charge in [0.25, 0.3) is 0 Å². The Bertz CT molecular complexity index is 488. The number of rotatable bonds is 4. The van der Waals surface area contributed by atoms with Crippen molar-refractivity contribution in [3.63, 3.8) is 0 Å². The maximum Gasteiger partial charge on any atom is 0.303 e. The number of carbonyl (C=O) groups is 1. The first-order valence-electron chi connectivity index (χ1n) is 6.53.